The number of carbonyl (C=O) groups excluding carboxylic acids is 1. The number of furan rings is 1. The molecule has 0 aliphatic rings. The van der Waals surface area contributed by atoms with Gasteiger partial charge in [0.2, 0.25) is 0 Å². The van der Waals surface area contributed by atoms with E-state index in [0.29, 0.717) is 11.3 Å². The van der Waals surface area contributed by atoms with Crippen molar-refractivity contribution in [1.82, 2.24) is 0 Å². The highest BCUT2D eigenvalue weighted by atomic mass is 16.5. The first-order valence-electron chi connectivity index (χ1n) is 7.25. The molecule has 0 aliphatic carbocycles. The summed E-state index contributed by atoms with van der Waals surface area (Å²) in [5.41, 5.74) is 4.41. The molecule has 1 heterocycles. The van der Waals surface area contributed by atoms with Gasteiger partial charge in [-0.2, -0.15) is 5.26 Å². The zero-order chi connectivity index (χ0) is 16.4. The van der Waals surface area contributed by atoms with Gasteiger partial charge in [-0.3, -0.25) is 4.79 Å². The fourth-order valence-electron chi connectivity index (χ4n) is 2.39. The predicted molar refractivity (Wildman–Crippen MR) is 86.2 cm³/mol. The molecule has 0 saturated heterocycles. The second-order valence-corrected chi connectivity index (χ2v) is 5.48. The summed E-state index contributed by atoms with van der Waals surface area (Å²) >= 11 is 0. The Bertz CT molecular complexity index is 914. The molecule has 2 aromatic carbocycles. The van der Waals surface area contributed by atoms with Crippen LogP contribution in [0.1, 0.15) is 22.3 Å². The van der Waals surface area contributed by atoms with Crippen molar-refractivity contribution < 1.29 is 13.9 Å². The van der Waals surface area contributed by atoms with Gasteiger partial charge in [0.1, 0.15) is 11.3 Å². The number of ether oxygens (including phenoxy) is 1. The minimum Gasteiger partial charge on any atom is -0.464 e. The Labute approximate surface area is 133 Å². The average molecular weight is 305 g/mol. The summed E-state index contributed by atoms with van der Waals surface area (Å²) in [5, 5.41) is 9.69. The van der Waals surface area contributed by atoms with Crippen LogP contribution in [-0.2, 0) is 11.2 Å². The SMILES string of the molecule is Cc1cc2occ(CC(=O)Oc3ccc(C#N)cc3)c2cc1C. The number of rotatable bonds is 3. The standard InChI is InChI=1S/C19H15NO3/c1-12-7-17-15(11-22-18(17)8-13(12)2)9-19(21)23-16-5-3-14(10-20)4-6-16/h3-8,11H,9H2,1-2H3. The number of fused-ring (bicyclic) bond motifs is 1. The number of hydrogen-bond donors (Lipinski definition) is 0. The second-order valence-electron chi connectivity index (χ2n) is 5.48. The number of nitrogens with zero attached hydrogens (tertiary/aromatic N) is 1. The summed E-state index contributed by atoms with van der Waals surface area (Å²) in [6, 6.07) is 12.5. The van der Waals surface area contributed by atoms with Crippen LogP contribution in [0.2, 0.25) is 0 Å². The Morgan fingerprint density at radius 2 is 1.87 bits per heavy atom. The van der Waals surface area contributed by atoms with E-state index in [9.17, 15) is 4.79 Å². The van der Waals surface area contributed by atoms with Gasteiger partial charge in [-0.1, -0.05) is 0 Å². The zero-order valence-corrected chi connectivity index (χ0v) is 12.9. The van der Waals surface area contributed by atoms with Crippen molar-refractivity contribution in [3.8, 4) is 11.8 Å². The molecule has 0 fully saturated rings. The molecule has 0 N–H and O–H groups in total. The lowest BCUT2D eigenvalue weighted by atomic mass is 10.0. The molecule has 0 amide bonds. The normalized spacial score (nSPS) is 10.5. The molecule has 3 aromatic rings. The summed E-state index contributed by atoms with van der Waals surface area (Å²) in [6.45, 7) is 4.05. The maximum absolute atomic E-state index is 12.1. The summed E-state index contributed by atoms with van der Waals surface area (Å²) in [4.78, 5) is 12.1. The van der Waals surface area contributed by atoms with Gasteiger partial charge in [-0.15, -0.1) is 0 Å². The van der Waals surface area contributed by atoms with Crippen LogP contribution >= 0.6 is 0 Å². The number of carbonyl (C=O) groups is 1. The fraction of sp³-hybridized carbons (Fsp3) is 0.158. The van der Waals surface area contributed by atoms with E-state index in [2.05, 4.69) is 0 Å². The van der Waals surface area contributed by atoms with Gasteiger partial charge in [-0.25, -0.2) is 0 Å². The van der Waals surface area contributed by atoms with Crippen LogP contribution in [-0.4, -0.2) is 5.97 Å². The van der Waals surface area contributed by atoms with Crippen molar-refractivity contribution in [2.24, 2.45) is 0 Å². The number of nitriles is 1. The van der Waals surface area contributed by atoms with E-state index in [1.807, 2.05) is 32.0 Å². The molecule has 1 aromatic heterocycles. The third-order valence-electron chi connectivity index (χ3n) is 3.82. The highest BCUT2D eigenvalue weighted by Crippen LogP contribution is 2.25. The molecular weight excluding hydrogens is 290 g/mol. The summed E-state index contributed by atoms with van der Waals surface area (Å²) in [5.74, 6) is 0.0597. The van der Waals surface area contributed by atoms with Crippen LogP contribution < -0.4 is 4.74 Å². The predicted octanol–water partition coefficient (Wildman–Crippen LogP) is 4.07. The fourth-order valence-corrected chi connectivity index (χ4v) is 2.39. The summed E-state index contributed by atoms with van der Waals surface area (Å²) in [6.07, 6.45) is 1.74. The van der Waals surface area contributed by atoms with Crippen molar-refractivity contribution in [1.29, 1.82) is 5.26 Å². The summed E-state index contributed by atoms with van der Waals surface area (Å²) in [7, 11) is 0. The lowest BCUT2D eigenvalue weighted by Gasteiger charge is -2.04. The van der Waals surface area contributed by atoms with Crippen molar-refractivity contribution in [2.75, 3.05) is 0 Å². The molecule has 4 nitrogen and oxygen atoms in total. The molecule has 0 unspecified atom stereocenters. The molecule has 0 aliphatic heterocycles. The van der Waals surface area contributed by atoms with Gasteiger partial charge in [0, 0.05) is 10.9 Å². The average Bonchev–Trinajstić information content (AvgIpc) is 2.90. The zero-order valence-electron chi connectivity index (χ0n) is 12.9. The van der Waals surface area contributed by atoms with Crippen LogP contribution in [0.15, 0.2) is 47.1 Å². The lowest BCUT2D eigenvalue weighted by molar-refractivity contribution is -0.133. The first-order valence-corrected chi connectivity index (χ1v) is 7.25. The number of benzene rings is 2. The van der Waals surface area contributed by atoms with Crippen molar-refractivity contribution in [3.63, 3.8) is 0 Å². The molecule has 4 heteroatoms. The van der Waals surface area contributed by atoms with Gasteiger partial charge in [0.05, 0.1) is 24.3 Å². The number of esters is 1. The highest BCUT2D eigenvalue weighted by molar-refractivity contribution is 5.87. The lowest BCUT2D eigenvalue weighted by Crippen LogP contribution is -2.10. The van der Waals surface area contributed by atoms with Crippen LogP contribution in [0, 0.1) is 25.2 Å². The van der Waals surface area contributed by atoms with Gasteiger partial charge in [0.15, 0.2) is 0 Å². The number of hydrogen-bond acceptors (Lipinski definition) is 4. The Morgan fingerprint density at radius 3 is 2.57 bits per heavy atom. The monoisotopic (exact) mass is 305 g/mol. The van der Waals surface area contributed by atoms with Gasteiger partial charge >= 0.3 is 5.97 Å². The van der Waals surface area contributed by atoms with Crippen molar-refractivity contribution >= 4 is 16.9 Å². The van der Waals surface area contributed by atoms with Crippen molar-refractivity contribution in [2.45, 2.75) is 20.3 Å². The van der Waals surface area contributed by atoms with Gasteiger partial charge in [0.25, 0.3) is 0 Å². The van der Waals surface area contributed by atoms with E-state index >= 15 is 0 Å². The molecule has 0 saturated carbocycles. The topological polar surface area (TPSA) is 63.2 Å². The Balaban J connectivity index is 1.77. The molecule has 0 radical (unpaired) electrons. The molecule has 0 atom stereocenters. The van der Waals surface area contributed by atoms with Crippen LogP contribution in [0.25, 0.3) is 11.0 Å². The van der Waals surface area contributed by atoms with E-state index in [1.165, 1.54) is 0 Å². The van der Waals surface area contributed by atoms with Crippen LogP contribution in [0.4, 0.5) is 0 Å². The van der Waals surface area contributed by atoms with E-state index in [-0.39, 0.29) is 12.4 Å². The minimum atomic E-state index is -0.365. The van der Waals surface area contributed by atoms with E-state index in [0.717, 1.165) is 27.7 Å². The van der Waals surface area contributed by atoms with E-state index in [4.69, 9.17) is 14.4 Å². The van der Waals surface area contributed by atoms with E-state index in [1.54, 1.807) is 30.5 Å². The van der Waals surface area contributed by atoms with Crippen LogP contribution in [0.3, 0.4) is 0 Å². The van der Waals surface area contributed by atoms with Crippen LogP contribution in [0.5, 0.6) is 5.75 Å². The smallest absolute Gasteiger partial charge is 0.315 e. The van der Waals surface area contributed by atoms with E-state index < -0.39 is 0 Å². The largest absolute Gasteiger partial charge is 0.464 e. The molecule has 0 bridgehead atoms. The summed E-state index contributed by atoms with van der Waals surface area (Å²) < 4.78 is 10.8. The molecular formula is C19H15NO3. The molecule has 114 valence electrons. The van der Waals surface area contributed by atoms with Crippen molar-refractivity contribution in [3.05, 3.63) is 64.9 Å². The molecule has 3 rings (SSSR count). The Kier molecular flexibility index (Phi) is 3.86. The quantitative estimate of drug-likeness (QED) is 0.540. The second kappa shape index (κ2) is 5.98. The first-order chi connectivity index (χ1) is 11.1. The third-order valence-corrected chi connectivity index (χ3v) is 3.82. The maximum atomic E-state index is 12.1. The van der Waals surface area contributed by atoms with Gasteiger partial charge in [-0.05, 0) is 61.4 Å². The van der Waals surface area contributed by atoms with Gasteiger partial charge < -0.3 is 9.15 Å². The third kappa shape index (κ3) is 3.09. The highest BCUT2D eigenvalue weighted by Gasteiger charge is 2.13. The first kappa shape index (κ1) is 14.9. The Morgan fingerprint density at radius 1 is 1.17 bits per heavy atom. The Hall–Kier alpha value is -3.06. The molecule has 0 spiro atoms. The minimum absolute atomic E-state index is 0.134. The molecule has 23 heavy (non-hydrogen) atoms. The number of aryl methyl sites for hydroxylation is 2. The maximum Gasteiger partial charge on any atom is 0.315 e.